The Labute approximate surface area is 204 Å². The number of carbonyl (C=O) groups excluding carboxylic acids is 3. The minimum atomic E-state index is -0.839. The molecule has 4 rings (SSSR count). The fraction of sp³-hybridized carbons (Fsp3) is 0.0417. The molecule has 1 aliphatic heterocycles. The van der Waals surface area contributed by atoms with E-state index in [9.17, 15) is 14.4 Å². The molecular formula is C24H15Cl3N2O4. The molecule has 3 aromatic rings. The number of anilines is 1. The molecule has 4 amide bonds. The fourth-order valence-electron chi connectivity index (χ4n) is 3.16. The molecule has 1 saturated heterocycles. The van der Waals surface area contributed by atoms with Crippen LogP contribution in [-0.2, 0) is 16.2 Å². The normalized spacial score (nSPS) is 15.1. The smallest absolute Gasteiger partial charge is 0.335 e. The number of ether oxygens (including phenoxy) is 1. The SMILES string of the molecule is O=C1NC(=O)N(c2ccc(Cl)cc2)C(=O)/C1=C/c1ccccc1OCc1ccc(Cl)c(Cl)c1. The first-order chi connectivity index (χ1) is 15.8. The van der Waals surface area contributed by atoms with Crippen molar-refractivity contribution in [2.24, 2.45) is 0 Å². The van der Waals surface area contributed by atoms with Crippen LogP contribution in [0.4, 0.5) is 10.5 Å². The van der Waals surface area contributed by atoms with E-state index in [2.05, 4.69) is 5.32 Å². The van der Waals surface area contributed by atoms with Crippen LogP contribution in [0.5, 0.6) is 5.75 Å². The Balaban J connectivity index is 1.62. The summed E-state index contributed by atoms with van der Waals surface area (Å²) in [5, 5.41) is 3.48. The molecule has 0 radical (unpaired) electrons. The number of rotatable bonds is 5. The highest BCUT2D eigenvalue weighted by Crippen LogP contribution is 2.28. The number of amides is 4. The number of urea groups is 1. The topological polar surface area (TPSA) is 75.7 Å². The van der Waals surface area contributed by atoms with Gasteiger partial charge in [-0.2, -0.15) is 0 Å². The van der Waals surface area contributed by atoms with Gasteiger partial charge in [-0.3, -0.25) is 14.9 Å². The van der Waals surface area contributed by atoms with Gasteiger partial charge in [-0.05, 0) is 54.1 Å². The second kappa shape index (κ2) is 9.67. The van der Waals surface area contributed by atoms with Crippen LogP contribution in [0.1, 0.15) is 11.1 Å². The van der Waals surface area contributed by atoms with Crippen molar-refractivity contribution in [3.05, 3.63) is 98.5 Å². The van der Waals surface area contributed by atoms with E-state index in [1.807, 2.05) is 0 Å². The quantitative estimate of drug-likeness (QED) is 0.349. The van der Waals surface area contributed by atoms with Gasteiger partial charge in [-0.25, -0.2) is 9.69 Å². The lowest BCUT2D eigenvalue weighted by molar-refractivity contribution is -0.122. The number of para-hydroxylation sites is 1. The van der Waals surface area contributed by atoms with Gasteiger partial charge in [0.15, 0.2) is 0 Å². The summed E-state index contributed by atoms with van der Waals surface area (Å²) in [4.78, 5) is 38.8. The zero-order valence-electron chi connectivity index (χ0n) is 16.8. The van der Waals surface area contributed by atoms with E-state index in [1.54, 1.807) is 54.6 Å². The first-order valence-corrected chi connectivity index (χ1v) is 10.8. The lowest BCUT2D eigenvalue weighted by Crippen LogP contribution is -2.54. The number of hydrogen-bond donors (Lipinski definition) is 1. The van der Waals surface area contributed by atoms with Crippen LogP contribution in [0.15, 0.2) is 72.3 Å². The molecule has 1 fully saturated rings. The second-order valence-electron chi connectivity index (χ2n) is 7.01. The van der Waals surface area contributed by atoms with Crippen molar-refractivity contribution in [1.29, 1.82) is 0 Å². The van der Waals surface area contributed by atoms with Crippen LogP contribution in [0.2, 0.25) is 15.1 Å². The fourth-order valence-corrected chi connectivity index (χ4v) is 3.61. The lowest BCUT2D eigenvalue weighted by atomic mass is 10.1. The van der Waals surface area contributed by atoms with Gasteiger partial charge >= 0.3 is 6.03 Å². The van der Waals surface area contributed by atoms with Crippen LogP contribution < -0.4 is 15.0 Å². The number of carbonyl (C=O) groups is 3. The summed E-state index contributed by atoms with van der Waals surface area (Å²) in [7, 11) is 0. The van der Waals surface area contributed by atoms with Crippen molar-refractivity contribution >= 4 is 64.4 Å². The molecule has 0 unspecified atom stereocenters. The highest BCUT2D eigenvalue weighted by atomic mass is 35.5. The molecule has 1 heterocycles. The third kappa shape index (κ3) is 5.03. The van der Waals surface area contributed by atoms with Gasteiger partial charge < -0.3 is 4.74 Å². The molecule has 0 saturated carbocycles. The largest absolute Gasteiger partial charge is 0.488 e. The maximum absolute atomic E-state index is 13.1. The summed E-state index contributed by atoms with van der Waals surface area (Å²) in [5.74, 6) is -1.12. The first-order valence-electron chi connectivity index (χ1n) is 9.66. The maximum Gasteiger partial charge on any atom is 0.335 e. The molecule has 0 aromatic heterocycles. The Bertz CT molecular complexity index is 1290. The van der Waals surface area contributed by atoms with Gasteiger partial charge in [0.25, 0.3) is 11.8 Å². The van der Waals surface area contributed by atoms with Gasteiger partial charge in [-0.15, -0.1) is 0 Å². The third-order valence-electron chi connectivity index (χ3n) is 4.78. The van der Waals surface area contributed by atoms with Gasteiger partial charge in [0.05, 0.1) is 15.7 Å². The van der Waals surface area contributed by atoms with Crippen molar-refractivity contribution < 1.29 is 19.1 Å². The number of imide groups is 2. The van der Waals surface area contributed by atoms with Crippen LogP contribution in [0, 0.1) is 0 Å². The van der Waals surface area contributed by atoms with E-state index in [4.69, 9.17) is 39.5 Å². The maximum atomic E-state index is 13.1. The molecule has 166 valence electrons. The van der Waals surface area contributed by atoms with E-state index in [-0.39, 0.29) is 17.9 Å². The molecule has 1 aliphatic rings. The van der Waals surface area contributed by atoms with Crippen LogP contribution in [0.3, 0.4) is 0 Å². The number of barbiturate groups is 1. The number of hydrogen-bond acceptors (Lipinski definition) is 4. The Morgan fingerprint density at radius 3 is 2.33 bits per heavy atom. The standard InChI is InChI=1S/C24H15Cl3N2O4/c25-16-6-8-17(9-7-16)29-23(31)18(22(30)28-24(29)32)12-15-3-1-2-4-21(15)33-13-14-5-10-19(26)20(27)11-14/h1-12H,13H2,(H,28,30,32)/b18-12+. The lowest BCUT2D eigenvalue weighted by Gasteiger charge is -2.26. The molecule has 33 heavy (non-hydrogen) atoms. The molecule has 0 atom stereocenters. The number of nitrogens with one attached hydrogen (secondary N) is 1. The second-order valence-corrected chi connectivity index (χ2v) is 8.26. The van der Waals surface area contributed by atoms with Crippen molar-refractivity contribution in [3.8, 4) is 5.75 Å². The van der Waals surface area contributed by atoms with Crippen molar-refractivity contribution in [3.63, 3.8) is 0 Å². The van der Waals surface area contributed by atoms with E-state index < -0.39 is 17.8 Å². The molecular weight excluding hydrogens is 487 g/mol. The highest BCUT2D eigenvalue weighted by molar-refractivity contribution is 6.42. The van der Waals surface area contributed by atoms with Gasteiger partial charge in [0.2, 0.25) is 0 Å². The molecule has 1 N–H and O–H groups in total. The number of nitrogens with zero attached hydrogens (tertiary/aromatic N) is 1. The predicted octanol–water partition coefficient (Wildman–Crippen LogP) is 5.89. The van der Waals surface area contributed by atoms with Crippen LogP contribution >= 0.6 is 34.8 Å². The summed E-state index contributed by atoms with van der Waals surface area (Å²) < 4.78 is 5.89. The van der Waals surface area contributed by atoms with E-state index in [0.717, 1.165) is 10.5 Å². The monoisotopic (exact) mass is 500 g/mol. The summed E-state index contributed by atoms with van der Waals surface area (Å²) in [6, 6.07) is 17.3. The van der Waals surface area contributed by atoms with Gasteiger partial charge in [0, 0.05) is 10.6 Å². The van der Waals surface area contributed by atoms with Crippen LogP contribution in [0.25, 0.3) is 6.08 Å². The Morgan fingerprint density at radius 1 is 0.879 bits per heavy atom. The average Bonchev–Trinajstić information content (AvgIpc) is 2.79. The van der Waals surface area contributed by atoms with E-state index in [0.29, 0.717) is 26.4 Å². The first kappa shape index (κ1) is 22.9. The Hall–Kier alpha value is -3.32. The molecule has 3 aromatic carbocycles. The Kier molecular flexibility index (Phi) is 6.70. The zero-order chi connectivity index (χ0) is 23.5. The minimum Gasteiger partial charge on any atom is -0.488 e. The molecule has 6 nitrogen and oxygen atoms in total. The third-order valence-corrected chi connectivity index (χ3v) is 5.77. The molecule has 0 spiro atoms. The summed E-state index contributed by atoms with van der Waals surface area (Å²) in [6.45, 7) is 0.187. The summed E-state index contributed by atoms with van der Waals surface area (Å²) >= 11 is 17.9. The zero-order valence-corrected chi connectivity index (χ0v) is 19.1. The van der Waals surface area contributed by atoms with Gasteiger partial charge in [-0.1, -0.05) is 59.1 Å². The number of benzene rings is 3. The molecule has 0 aliphatic carbocycles. The van der Waals surface area contributed by atoms with Crippen molar-refractivity contribution in [2.45, 2.75) is 6.61 Å². The molecule has 9 heteroatoms. The van der Waals surface area contributed by atoms with Crippen molar-refractivity contribution in [1.82, 2.24) is 5.32 Å². The van der Waals surface area contributed by atoms with Crippen LogP contribution in [-0.4, -0.2) is 17.8 Å². The highest BCUT2D eigenvalue weighted by Gasteiger charge is 2.36. The number of halogens is 3. The molecule has 0 bridgehead atoms. The van der Waals surface area contributed by atoms with E-state index in [1.165, 1.54) is 18.2 Å². The summed E-state index contributed by atoms with van der Waals surface area (Å²) in [6.07, 6.45) is 1.39. The Morgan fingerprint density at radius 2 is 1.61 bits per heavy atom. The van der Waals surface area contributed by atoms with Crippen molar-refractivity contribution in [2.75, 3.05) is 4.90 Å². The van der Waals surface area contributed by atoms with Gasteiger partial charge in [0.1, 0.15) is 17.9 Å². The predicted molar refractivity (Wildman–Crippen MR) is 128 cm³/mol. The van der Waals surface area contributed by atoms with E-state index >= 15 is 0 Å². The summed E-state index contributed by atoms with van der Waals surface area (Å²) in [5.41, 5.74) is 1.35. The minimum absolute atomic E-state index is 0.187. The average molecular weight is 502 g/mol.